The monoisotopic (exact) mass is 397 g/mol. The topological polar surface area (TPSA) is 88.4 Å². The Balaban J connectivity index is 2.05. The van der Waals surface area contributed by atoms with E-state index < -0.39 is 5.97 Å². The second-order valence-electron chi connectivity index (χ2n) is 6.01. The molecule has 0 aromatic heterocycles. The maximum Gasteiger partial charge on any atom is 0.344 e. The number of thioether (sulfide) groups is 1. The molecule has 0 bridgehead atoms. The van der Waals surface area contributed by atoms with Gasteiger partial charge in [-0.3, -0.25) is 0 Å². The number of aryl methyl sites for hydroxylation is 1. The molecule has 0 saturated heterocycles. The van der Waals surface area contributed by atoms with Crippen LogP contribution in [-0.4, -0.2) is 35.4 Å². The molecular formula is C21H19NO5S. The second-order valence-corrected chi connectivity index (χ2v) is 7.04. The number of hydrogen-bond donors (Lipinski definition) is 2. The van der Waals surface area contributed by atoms with Gasteiger partial charge in [0.2, 0.25) is 0 Å². The van der Waals surface area contributed by atoms with Crippen molar-refractivity contribution < 1.29 is 24.5 Å². The lowest BCUT2D eigenvalue weighted by molar-refractivity contribution is -0.135. The summed E-state index contributed by atoms with van der Waals surface area (Å²) in [5.74, 6) is -0.540. The first-order valence-electron chi connectivity index (χ1n) is 8.37. The highest BCUT2D eigenvalue weighted by Crippen LogP contribution is 2.40. The maximum atomic E-state index is 12.2. The van der Waals surface area contributed by atoms with Crippen LogP contribution in [0.2, 0.25) is 0 Å². The third-order valence-corrected chi connectivity index (χ3v) is 5.03. The third-order valence-electron chi connectivity index (χ3n) is 4.01. The molecule has 1 aliphatic rings. The molecule has 0 radical (unpaired) electrons. The van der Waals surface area contributed by atoms with Crippen LogP contribution in [0.15, 0.2) is 63.7 Å². The molecule has 1 heterocycles. The molecule has 0 amide bonds. The fourth-order valence-electron chi connectivity index (χ4n) is 2.64. The van der Waals surface area contributed by atoms with E-state index in [9.17, 15) is 15.0 Å². The van der Waals surface area contributed by atoms with Crippen molar-refractivity contribution in [2.45, 2.75) is 6.92 Å². The van der Waals surface area contributed by atoms with Gasteiger partial charge in [0.1, 0.15) is 16.4 Å². The molecule has 28 heavy (non-hydrogen) atoms. The SMILES string of the molecule is COC(=O)C1=C(O)C(=Cc2ccc(O)c(OC)c2)SC1=Nc1cccc(C)c1. The summed E-state index contributed by atoms with van der Waals surface area (Å²) in [6, 6.07) is 12.3. The number of carbonyl (C=O) groups excluding carboxylic acids is 1. The molecule has 2 aromatic rings. The van der Waals surface area contributed by atoms with Crippen LogP contribution in [0.3, 0.4) is 0 Å². The van der Waals surface area contributed by atoms with E-state index >= 15 is 0 Å². The van der Waals surface area contributed by atoms with Gasteiger partial charge in [-0.25, -0.2) is 9.79 Å². The van der Waals surface area contributed by atoms with Gasteiger partial charge >= 0.3 is 5.97 Å². The normalized spacial score (nSPS) is 16.7. The fourth-order valence-corrected chi connectivity index (χ4v) is 3.68. The molecule has 2 N–H and O–H groups in total. The van der Waals surface area contributed by atoms with Crippen LogP contribution >= 0.6 is 11.8 Å². The van der Waals surface area contributed by atoms with Crippen LogP contribution in [0.4, 0.5) is 5.69 Å². The fraction of sp³-hybridized carbons (Fsp3) is 0.143. The Labute approximate surface area is 166 Å². The number of benzene rings is 2. The van der Waals surface area contributed by atoms with Crippen molar-refractivity contribution in [1.82, 2.24) is 0 Å². The van der Waals surface area contributed by atoms with Crippen LogP contribution in [0.25, 0.3) is 6.08 Å². The molecule has 1 aliphatic heterocycles. The summed E-state index contributed by atoms with van der Waals surface area (Å²) in [5.41, 5.74) is 2.41. The second kappa shape index (κ2) is 8.22. The van der Waals surface area contributed by atoms with Crippen molar-refractivity contribution in [1.29, 1.82) is 0 Å². The van der Waals surface area contributed by atoms with Crippen molar-refractivity contribution in [3.05, 3.63) is 69.8 Å². The highest BCUT2D eigenvalue weighted by atomic mass is 32.2. The maximum absolute atomic E-state index is 12.2. The number of aromatic hydroxyl groups is 1. The molecule has 0 fully saturated rings. The van der Waals surface area contributed by atoms with E-state index in [1.165, 1.54) is 32.0 Å². The average Bonchev–Trinajstić information content (AvgIpc) is 2.97. The third kappa shape index (κ3) is 4.04. The van der Waals surface area contributed by atoms with E-state index in [1.54, 1.807) is 18.2 Å². The molecule has 6 nitrogen and oxygen atoms in total. The van der Waals surface area contributed by atoms with E-state index in [0.29, 0.717) is 26.9 Å². The lowest BCUT2D eigenvalue weighted by atomic mass is 10.1. The number of aliphatic imine (C=N–C) groups is 1. The quantitative estimate of drug-likeness (QED) is 0.738. The number of aliphatic hydroxyl groups is 1. The van der Waals surface area contributed by atoms with Crippen LogP contribution < -0.4 is 4.74 Å². The minimum absolute atomic E-state index is 0.0143. The van der Waals surface area contributed by atoms with Gasteiger partial charge in [-0.05, 0) is 48.4 Å². The lowest BCUT2D eigenvalue weighted by Gasteiger charge is -2.04. The Hall–Kier alpha value is -3.19. The van der Waals surface area contributed by atoms with Crippen molar-refractivity contribution in [2.75, 3.05) is 14.2 Å². The van der Waals surface area contributed by atoms with Gasteiger partial charge < -0.3 is 19.7 Å². The molecular weight excluding hydrogens is 378 g/mol. The van der Waals surface area contributed by atoms with Crippen molar-refractivity contribution >= 4 is 34.5 Å². The zero-order chi connectivity index (χ0) is 20.3. The molecule has 3 rings (SSSR count). The van der Waals surface area contributed by atoms with Crippen molar-refractivity contribution in [3.8, 4) is 11.5 Å². The number of esters is 1. The van der Waals surface area contributed by atoms with E-state index in [0.717, 1.165) is 5.56 Å². The smallest absolute Gasteiger partial charge is 0.344 e. The Bertz CT molecular complexity index is 1020. The summed E-state index contributed by atoms with van der Waals surface area (Å²) >= 11 is 1.17. The predicted molar refractivity (Wildman–Crippen MR) is 110 cm³/mol. The predicted octanol–water partition coefficient (Wildman–Crippen LogP) is 4.51. The van der Waals surface area contributed by atoms with Gasteiger partial charge in [0.15, 0.2) is 11.5 Å². The van der Waals surface area contributed by atoms with Gasteiger partial charge in [0, 0.05) is 0 Å². The Morgan fingerprint density at radius 1 is 1.14 bits per heavy atom. The number of phenolic OH excluding ortho intramolecular Hbond substituents is 1. The summed E-state index contributed by atoms with van der Waals surface area (Å²) in [6.07, 6.45) is 1.68. The van der Waals surface area contributed by atoms with Crippen molar-refractivity contribution in [2.24, 2.45) is 4.99 Å². The highest BCUT2D eigenvalue weighted by molar-refractivity contribution is 8.18. The molecule has 144 valence electrons. The molecule has 0 atom stereocenters. The number of ether oxygens (including phenoxy) is 2. The van der Waals surface area contributed by atoms with Gasteiger partial charge in [-0.1, -0.05) is 30.0 Å². The molecule has 0 saturated carbocycles. The molecule has 7 heteroatoms. The Kier molecular flexibility index (Phi) is 5.75. The summed E-state index contributed by atoms with van der Waals surface area (Å²) in [5, 5.41) is 20.7. The largest absolute Gasteiger partial charge is 0.506 e. The van der Waals surface area contributed by atoms with E-state index in [-0.39, 0.29) is 17.1 Å². The number of methoxy groups -OCH3 is 2. The zero-order valence-electron chi connectivity index (χ0n) is 15.6. The van der Waals surface area contributed by atoms with Gasteiger partial charge in [-0.2, -0.15) is 0 Å². The van der Waals surface area contributed by atoms with E-state index in [4.69, 9.17) is 9.47 Å². The molecule has 2 aromatic carbocycles. The molecule has 0 spiro atoms. The zero-order valence-corrected chi connectivity index (χ0v) is 16.4. The van der Waals surface area contributed by atoms with Crippen LogP contribution in [-0.2, 0) is 9.53 Å². The Morgan fingerprint density at radius 2 is 1.93 bits per heavy atom. The van der Waals surface area contributed by atoms with Gasteiger partial charge in [0.25, 0.3) is 0 Å². The first-order chi connectivity index (χ1) is 13.4. The van der Waals surface area contributed by atoms with E-state index in [2.05, 4.69) is 4.99 Å². The van der Waals surface area contributed by atoms with E-state index in [1.807, 2.05) is 31.2 Å². The number of phenols is 1. The minimum atomic E-state index is -0.664. The van der Waals surface area contributed by atoms with Crippen LogP contribution in [0, 0.1) is 6.92 Å². The average molecular weight is 397 g/mol. The van der Waals surface area contributed by atoms with Crippen LogP contribution in [0.1, 0.15) is 11.1 Å². The Morgan fingerprint density at radius 3 is 2.61 bits per heavy atom. The number of carbonyl (C=O) groups is 1. The number of aliphatic hydroxyl groups excluding tert-OH is 1. The lowest BCUT2D eigenvalue weighted by Crippen LogP contribution is -2.10. The van der Waals surface area contributed by atoms with Crippen molar-refractivity contribution in [3.63, 3.8) is 0 Å². The van der Waals surface area contributed by atoms with Gasteiger partial charge in [-0.15, -0.1) is 0 Å². The number of hydrogen-bond acceptors (Lipinski definition) is 7. The highest BCUT2D eigenvalue weighted by Gasteiger charge is 2.33. The summed E-state index contributed by atoms with van der Waals surface area (Å²) in [7, 11) is 2.71. The standard InChI is InChI=1S/C21H19NO5S/c1-12-5-4-6-14(9-12)22-20-18(21(25)27-3)19(24)17(28-20)11-13-7-8-15(23)16(10-13)26-2/h4-11,23-24H,1-3H3. The minimum Gasteiger partial charge on any atom is -0.506 e. The summed E-state index contributed by atoms with van der Waals surface area (Å²) < 4.78 is 9.92. The summed E-state index contributed by atoms with van der Waals surface area (Å²) in [4.78, 5) is 17.2. The molecule has 0 unspecified atom stereocenters. The number of rotatable bonds is 4. The van der Waals surface area contributed by atoms with Gasteiger partial charge in [0.05, 0.1) is 24.8 Å². The number of nitrogens with zero attached hydrogens (tertiary/aromatic N) is 1. The van der Waals surface area contributed by atoms with Crippen LogP contribution in [0.5, 0.6) is 11.5 Å². The summed E-state index contributed by atoms with van der Waals surface area (Å²) in [6.45, 7) is 1.95. The first kappa shape index (κ1) is 19.6. The molecule has 0 aliphatic carbocycles. The first-order valence-corrected chi connectivity index (χ1v) is 9.18.